The fraction of sp³-hybridized carbons (Fsp3) is 0.333. The van der Waals surface area contributed by atoms with Crippen LogP contribution in [0.25, 0.3) is 0 Å². The third-order valence-corrected chi connectivity index (χ3v) is 8.64. The van der Waals surface area contributed by atoms with Crippen molar-refractivity contribution >= 4 is 43.5 Å². The minimum absolute atomic E-state index is 0.0567. The lowest BCUT2D eigenvalue weighted by Gasteiger charge is -2.44. The zero-order valence-electron chi connectivity index (χ0n) is 23.0. The van der Waals surface area contributed by atoms with Crippen LogP contribution in [0.1, 0.15) is 37.1 Å². The van der Waals surface area contributed by atoms with E-state index in [2.05, 4.69) is 62.4 Å². The molecule has 0 spiro atoms. The molecule has 0 unspecified atom stereocenters. The van der Waals surface area contributed by atoms with E-state index in [1.54, 1.807) is 0 Å². The molecule has 4 aromatic rings. The monoisotopic (exact) mass is 742 g/mol. The predicted molar refractivity (Wildman–Crippen MR) is 161 cm³/mol. The number of alkyl halides is 2. The van der Waals surface area contributed by atoms with Crippen molar-refractivity contribution in [2.24, 2.45) is 0 Å². The third kappa shape index (κ3) is 7.01. The van der Waals surface area contributed by atoms with E-state index >= 15 is 0 Å². The molecule has 232 valence electrons. The first-order chi connectivity index (χ1) is 21.0. The maximum atomic E-state index is 14.0. The Balaban J connectivity index is 0.000000175. The van der Waals surface area contributed by atoms with E-state index in [4.69, 9.17) is 0 Å². The van der Waals surface area contributed by atoms with Gasteiger partial charge >= 0.3 is 0 Å². The van der Waals surface area contributed by atoms with Crippen molar-refractivity contribution in [3.63, 3.8) is 0 Å². The molecular weight excluding hydrogens is 718 g/mol. The van der Waals surface area contributed by atoms with Gasteiger partial charge in [-0.15, -0.1) is 0 Å². The molecule has 4 heterocycles. The summed E-state index contributed by atoms with van der Waals surface area (Å²) in [6, 6.07) is 8.13. The van der Waals surface area contributed by atoms with Gasteiger partial charge in [-0.3, -0.25) is 9.97 Å². The summed E-state index contributed by atoms with van der Waals surface area (Å²) in [6.07, 6.45) is 4.51. The predicted octanol–water partition coefficient (Wildman–Crippen LogP) is 8.00. The van der Waals surface area contributed by atoms with Gasteiger partial charge in [0.25, 0.3) is 0 Å². The number of nitrogens with zero attached hydrogens (tertiary/aromatic N) is 4. The van der Waals surface area contributed by atoms with E-state index in [0.717, 1.165) is 0 Å². The SMILES string of the molecule is Fc1cc(Br)cnc1NCC1(c2ncccc2F)CC(F)C1.Fc1cc(Br)cnc1NCC1(c2ncccc2F)CC(F)C1. The van der Waals surface area contributed by atoms with Gasteiger partial charge in [0.2, 0.25) is 0 Å². The maximum absolute atomic E-state index is 14.0. The summed E-state index contributed by atoms with van der Waals surface area (Å²) in [5, 5.41) is 5.70. The third-order valence-electron chi connectivity index (χ3n) is 7.77. The number of rotatable bonds is 8. The number of hydrogen-bond acceptors (Lipinski definition) is 6. The summed E-state index contributed by atoms with van der Waals surface area (Å²) in [5.74, 6) is -1.88. The summed E-state index contributed by atoms with van der Waals surface area (Å²) in [6.45, 7) is 0.347. The van der Waals surface area contributed by atoms with Gasteiger partial charge in [-0.2, -0.15) is 0 Å². The number of aromatic nitrogens is 4. The van der Waals surface area contributed by atoms with Gasteiger partial charge in [0.15, 0.2) is 23.3 Å². The Kier molecular flexibility index (Phi) is 9.78. The van der Waals surface area contributed by atoms with E-state index in [1.807, 2.05) is 0 Å². The number of pyridine rings is 4. The zero-order valence-corrected chi connectivity index (χ0v) is 26.2. The van der Waals surface area contributed by atoms with Crippen LogP contribution in [0.15, 0.2) is 70.1 Å². The van der Waals surface area contributed by atoms with E-state index in [-0.39, 0.29) is 61.8 Å². The molecule has 2 saturated carbocycles. The fourth-order valence-electron chi connectivity index (χ4n) is 5.57. The van der Waals surface area contributed by atoms with E-state index < -0.39 is 46.4 Å². The molecule has 2 N–H and O–H groups in total. The molecule has 0 amide bonds. The number of hydrogen-bond donors (Lipinski definition) is 2. The largest absolute Gasteiger partial charge is 0.367 e. The standard InChI is InChI=1S/2C15H13BrF3N3/c2*16-9-4-12(19)14(21-7-9)22-8-15(5-10(17)6-15)13-11(18)2-1-3-20-13/h2*1-4,7,10H,5-6,8H2,(H,21,22). The zero-order chi connectivity index (χ0) is 31.5. The van der Waals surface area contributed by atoms with Crippen LogP contribution < -0.4 is 10.6 Å². The molecule has 0 atom stereocenters. The van der Waals surface area contributed by atoms with E-state index in [9.17, 15) is 26.3 Å². The van der Waals surface area contributed by atoms with Gasteiger partial charge in [0, 0.05) is 57.7 Å². The van der Waals surface area contributed by atoms with Crippen LogP contribution >= 0.6 is 31.9 Å². The van der Waals surface area contributed by atoms with Crippen LogP contribution in [0, 0.1) is 23.3 Å². The average molecular weight is 744 g/mol. The minimum atomic E-state index is -0.995. The molecule has 4 aromatic heterocycles. The minimum Gasteiger partial charge on any atom is -0.367 e. The number of nitrogens with one attached hydrogen (secondary N) is 2. The highest BCUT2D eigenvalue weighted by Gasteiger charge is 2.49. The van der Waals surface area contributed by atoms with Crippen molar-refractivity contribution < 1.29 is 26.3 Å². The normalized spacial score (nSPS) is 23.9. The molecule has 0 aliphatic heterocycles. The van der Waals surface area contributed by atoms with Gasteiger partial charge in [-0.1, -0.05) is 0 Å². The average Bonchev–Trinajstić information content (AvgIpc) is 2.95. The first kappa shape index (κ1) is 32.1. The summed E-state index contributed by atoms with van der Waals surface area (Å²) >= 11 is 6.25. The van der Waals surface area contributed by atoms with Gasteiger partial charge < -0.3 is 10.6 Å². The van der Waals surface area contributed by atoms with Crippen molar-refractivity contribution in [3.05, 3.63) is 105 Å². The van der Waals surface area contributed by atoms with Gasteiger partial charge in [0.05, 0.1) is 11.4 Å². The molecule has 14 heteroatoms. The number of anilines is 2. The first-order valence-electron chi connectivity index (χ1n) is 13.6. The summed E-state index contributed by atoms with van der Waals surface area (Å²) < 4.78 is 83.4. The van der Waals surface area contributed by atoms with E-state index in [0.29, 0.717) is 8.95 Å². The number of halogens is 8. The second-order valence-electron chi connectivity index (χ2n) is 10.9. The molecular formula is C30H26Br2F6N6. The van der Waals surface area contributed by atoms with Crippen LogP contribution in [0.3, 0.4) is 0 Å². The van der Waals surface area contributed by atoms with Crippen LogP contribution in [-0.4, -0.2) is 45.4 Å². The molecule has 6 rings (SSSR count). The summed E-state index contributed by atoms with van der Waals surface area (Å²) in [5.41, 5.74) is -1.11. The Morgan fingerprint density at radius 1 is 0.636 bits per heavy atom. The second kappa shape index (κ2) is 13.4. The molecule has 6 nitrogen and oxygen atoms in total. The lowest BCUT2D eigenvalue weighted by atomic mass is 9.65. The smallest absolute Gasteiger partial charge is 0.166 e. The fourth-order valence-corrected chi connectivity index (χ4v) is 6.17. The Morgan fingerprint density at radius 3 is 1.34 bits per heavy atom. The Labute approximate surface area is 266 Å². The highest BCUT2D eigenvalue weighted by molar-refractivity contribution is 9.10. The van der Waals surface area contributed by atoms with Gasteiger partial charge in [-0.25, -0.2) is 36.3 Å². The van der Waals surface area contributed by atoms with E-state index in [1.165, 1.54) is 61.2 Å². The van der Waals surface area contributed by atoms with Crippen molar-refractivity contribution in [1.82, 2.24) is 19.9 Å². The van der Waals surface area contributed by atoms with Crippen LogP contribution in [0.5, 0.6) is 0 Å². The maximum Gasteiger partial charge on any atom is 0.166 e. The van der Waals surface area contributed by atoms with Crippen LogP contribution in [-0.2, 0) is 10.8 Å². The molecule has 0 radical (unpaired) electrons. The molecule has 0 saturated heterocycles. The topological polar surface area (TPSA) is 75.6 Å². The molecule has 2 fully saturated rings. The lowest BCUT2D eigenvalue weighted by molar-refractivity contribution is 0.0960. The van der Waals surface area contributed by atoms with Crippen LogP contribution in [0.2, 0.25) is 0 Å². The van der Waals surface area contributed by atoms with Crippen molar-refractivity contribution in [2.75, 3.05) is 23.7 Å². The Hall–Kier alpha value is -3.26. The molecule has 2 aliphatic rings. The van der Waals surface area contributed by atoms with Gasteiger partial charge in [0.1, 0.15) is 24.0 Å². The highest BCUT2D eigenvalue weighted by atomic mass is 79.9. The van der Waals surface area contributed by atoms with Crippen LogP contribution in [0.4, 0.5) is 38.0 Å². The summed E-state index contributed by atoms with van der Waals surface area (Å²) in [7, 11) is 0. The molecule has 44 heavy (non-hydrogen) atoms. The molecule has 0 aromatic carbocycles. The van der Waals surface area contributed by atoms with Gasteiger partial charge in [-0.05, 0) is 93.9 Å². The highest BCUT2D eigenvalue weighted by Crippen LogP contribution is 2.46. The Morgan fingerprint density at radius 2 is 1.02 bits per heavy atom. The van der Waals surface area contributed by atoms with Crippen molar-refractivity contribution in [1.29, 1.82) is 0 Å². The Bertz CT molecular complexity index is 1500. The van der Waals surface area contributed by atoms with Crippen molar-refractivity contribution in [2.45, 2.75) is 48.9 Å². The van der Waals surface area contributed by atoms with Crippen molar-refractivity contribution in [3.8, 4) is 0 Å². The molecule has 0 bridgehead atoms. The molecule has 2 aliphatic carbocycles. The first-order valence-corrected chi connectivity index (χ1v) is 15.2. The quantitative estimate of drug-likeness (QED) is 0.178. The second-order valence-corrected chi connectivity index (χ2v) is 12.7. The lowest BCUT2D eigenvalue weighted by Crippen LogP contribution is -2.49. The summed E-state index contributed by atoms with van der Waals surface area (Å²) in [4.78, 5) is 16.0.